The number of terminal acetylenes is 1. The van der Waals surface area contributed by atoms with Crippen molar-refractivity contribution in [3.63, 3.8) is 0 Å². The van der Waals surface area contributed by atoms with Gasteiger partial charge >= 0.3 is 0 Å². The first-order valence-corrected chi connectivity index (χ1v) is 11.6. The molecule has 0 bridgehead atoms. The monoisotopic (exact) mass is 406 g/mol. The van der Waals surface area contributed by atoms with Gasteiger partial charge in [0.15, 0.2) is 9.84 Å². The fraction of sp³-hybridized carbons (Fsp3) is 0.571. The van der Waals surface area contributed by atoms with Crippen molar-refractivity contribution in [2.45, 2.75) is 43.6 Å². The highest BCUT2D eigenvalue weighted by Gasteiger charge is 2.37. The van der Waals surface area contributed by atoms with E-state index in [2.05, 4.69) is 11.2 Å². The molecule has 7 heteroatoms. The zero-order valence-corrected chi connectivity index (χ0v) is 16.8. The minimum atomic E-state index is -3.04. The van der Waals surface area contributed by atoms with E-state index in [1.807, 2.05) is 0 Å². The SMILES string of the molecule is C#CCN(CC(=O)NCC1(c2ccc(F)cc2)CCCC1)C1CCS(=O)(=O)C1. The number of rotatable bonds is 7. The van der Waals surface area contributed by atoms with Crippen LogP contribution >= 0.6 is 0 Å². The molecule has 2 aliphatic rings. The van der Waals surface area contributed by atoms with Crippen molar-refractivity contribution in [1.82, 2.24) is 10.2 Å². The molecule has 1 aliphatic carbocycles. The van der Waals surface area contributed by atoms with Crippen LogP contribution in [0.2, 0.25) is 0 Å². The lowest BCUT2D eigenvalue weighted by Crippen LogP contribution is -2.46. The molecular weight excluding hydrogens is 379 g/mol. The van der Waals surface area contributed by atoms with Gasteiger partial charge in [0.05, 0.1) is 24.6 Å². The Balaban J connectivity index is 1.62. The number of benzene rings is 1. The number of hydrogen-bond acceptors (Lipinski definition) is 4. The number of carbonyl (C=O) groups is 1. The Morgan fingerprint density at radius 1 is 1.29 bits per heavy atom. The summed E-state index contributed by atoms with van der Waals surface area (Å²) in [6.45, 7) is 0.824. The molecule has 1 amide bonds. The Labute approximate surface area is 166 Å². The third-order valence-corrected chi connectivity index (χ3v) is 7.76. The Morgan fingerprint density at radius 3 is 2.54 bits per heavy atom. The van der Waals surface area contributed by atoms with Crippen LogP contribution in [-0.2, 0) is 20.0 Å². The average Bonchev–Trinajstić information content (AvgIpc) is 3.27. The second-order valence-electron chi connectivity index (χ2n) is 7.94. The minimum absolute atomic E-state index is 0.0570. The zero-order valence-electron chi connectivity index (χ0n) is 16.0. The Bertz CT molecular complexity index is 839. The van der Waals surface area contributed by atoms with Gasteiger partial charge in [0, 0.05) is 18.0 Å². The summed E-state index contributed by atoms with van der Waals surface area (Å²) in [6, 6.07) is 6.34. The first-order chi connectivity index (χ1) is 13.3. The van der Waals surface area contributed by atoms with Crippen LogP contribution in [0.4, 0.5) is 4.39 Å². The fourth-order valence-corrected chi connectivity index (χ4v) is 6.19. The van der Waals surface area contributed by atoms with E-state index < -0.39 is 9.84 Å². The smallest absolute Gasteiger partial charge is 0.234 e. The normalized spacial score (nSPS) is 22.8. The van der Waals surface area contributed by atoms with Crippen molar-refractivity contribution in [3.8, 4) is 12.3 Å². The van der Waals surface area contributed by atoms with Crippen LogP contribution < -0.4 is 5.32 Å². The number of halogens is 1. The summed E-state index contributed by atoms with van der Waals surface area (Å²) < 4.78 is 36.8. The summed E-state index contributed by atoms with van der Waals surface area (Å²) >= 11 is 0. The molecule has 3 rings (SSSR count). The lowest BCUT2D eigenvalue weighted by atomic mass is 9.79. The largest absolute Gasteiger partial charge is 0.354 e. The van der Waals surface area contributed by atoms with Crippen LogP contribution in [0.15, 0.2) is 24.3 Å². The maximum atomic E-state index is 13.3. The molecule has 1 saturated heterocycles. The van der Waals surface area contributed by atoms with E-state index >= 15 is 0 Å². The topological polar surface area (TPSA) is 66.5 Å². The highest BCUT2D eigenvalue weighted by atomic mass is 32.2. The third-order valence-electron chi connectivity index (χ3n) is 6.01. The van der Waals surface area contributed by atoms with E-state index in [1.54, 1.807) is 17.0 Å². The Kier molecular flexibility index (Phi) is 6.41. The van der Waals surface area contributed by atoms with Gasteiger partial charge in [-0.3, -0.25) is 9.69 Å². The predicted octanol–water partition coefficient (Wildman–Crippen LogP) is 1.88. The van der Waals surface area contributed by atoms with Crippen molar-refractivity contribution in [3.05, 3.63) is 35.6 Å². The molecule has 28 heavy (non-hydrogen) atoms. The lowest BCUT2D eigenvalue weighted by molar-refractivity contribution is -0.122. The number of carbonyl (C=O) groups excluding carboxylic acids is 1. The van der Waals surface area contributed by atoms with E-state index in [1.165, 1.54) is 12.1 Å². The molecule has 0 spiro atoms. The molecule has 1 heterocycles. The van der Waals surface area contributed by atoms with E-state index in [0.29, 0.717) is 13.0 Å². The van der Waals surface area contributed by atoms with Gasteiger partial charge in [-0.15, -0.1) is 6.42 Å². The van der Waals surface area contributed by atoms with Crippen molar-refractivity contribution in [2.75, 3.05) is 31.1 Å². The van der Waals surface area contributed by atoms with Gasteiger partial charge < -0.3 is 5.32 Å². The number of sulfone groups is 1. The molecule has 1 aromatic rings. The number of nitrogens with zero attached hydrogens (tertiary/aromatic N) is 1. The van der Waals surface area contributed by atoms with Crippen LogP contribution in [0.5, 0.6) is 0 Å². The molecule has 1 saturated carbocycles. The average molecular weight is 407 g/mol. The van der Waals surface area contributed by atoms with Crippen LogP contribution in [-0.4, -0.2) is 56.4 Å². The van der Waals surface area contributed by atoms with Gasteiger partial charge in [-0.25, -0.2) is 12.8 Å². The second kappa shape index (κ2) is 8.62. The molecular formula is C21H27FN2O3S. The second-order valence-corrected chi connectivity index (χ2v) is 10.2. The van der Waals surface area contributed by atoms with E-state index in [0.717, 1.165) is 31.2 Å². The van der Waals surface area contributed by atoms with E-state index in [-0.39, 0.29) is 47.8 Å². The van der Waals surface area contributed by atoms with Gasteiger partial charge in [-0.05, 0) is 37.0 Å². The molecule has 1 aliphatic heterocycles. The summed E-state index contributed by atoms with van der Waals surface area (Å²) in [4.78, 5) is 14.4. The van der Waals surface area contributed by atoms with E-state index in [9.17, 15) is 17.6 Å². The molecule has 0 radical (unpaired) electrons. The molecule has 0 aromatic heterocycles. The van der Waals surface area contributed by atoms with Gasteiger partial charge in [-0.2, -0.15) is 0 Å². The zero-order chi connectivity index (χ0) is 20.2. The molecule has 1 N–H and O–H groups in total. The third kappa shape index (κ3) is 4.92. The number of amides is 1. The van der Waals surface area contributed by atoms with E-state index in [4.69, 9.17) is 6.42 Å². The number of nitrogens with one attached hydrogen (secondary N) is 1. The van der Waals surface area contributed by atoms with Crippen molar-refractivity contribution < 1.29 is 17.6 Å². The molecule has 1 unspecified atom stereocenters. The fourth-order valence-electron chi connectivity index (χ4n) is 4.43. The Hall–Kier alpha value is -1.91. The summed E-state index contributed by atoms with van der Waals surface area (Å²) in [5, 5.41) is 3.02. The maximum absolute atomic E-state index is 13.3. The summed E-state index contributed by atoms with van der Waals surface area (Å²) in [6.07, 6.45) is 9.99. The highest BCUT2D eigenvalue weighted by molar-refractivity contribution is 7.91. The summed E-state index contributed by atoms with van der Waals surface area (Å²) in [5.74, 6) is 2.31. The quantitative estimate of drug-likeness (QED) is 0.702. The predicted molar refractivity (Wildman–Crippen MR) is 107 cm³/mol. The van der Waals surface area contributed by atoms with Gasteiger partial charge in [0.25, 0.3) is 0 Å². The molecule has 1 aromatic carbocycles. The maximum Gasteiger partial charge on any atom is 0.234 e. The van der Waals surface area contributed by atoms with Crippen LogP contribution in [0.3, 0.4) is 0 Å². The first kappa shape index (κ1) is 20.8. The minimum Gasteiger partial charge on any atom is -0.354 e. The standard InChI is InChI=1S/C21H27FN2O3S/c1-2-12-24(19-9-13-28(26,27)15-19)14-20(25)23-16-21(10-3-4-11-21)17-5-7-18(22)8-6-17/h1,5-8,19H,3-4,9-16H2,(H,23,25). The summed E-state index contributed by atoms with van der Waals surface area (Å²) in [5.41, 5.74) is 0.880. The lowest BCUT2D eigenvalue weighted by Gasteiger charge is -2.31. The highest BCUT2D eigenvalue weighted by Crippen LogP contribution is 2.40. The molecule has 2 fully saturated rings. The van der Waals surface area contributed by atoms with Gasteiger partial charge in [-0.1, -0.05) is 30.9 Å². The van der Waals surface area contributed by atoms with Gasteiger partial charge in [0.1, 0.15) is 5.82 Å². The van der Waals surface area contributed by atoms with Crippen molar-refractivity contribution >= 4 is 15.7 Å². The molecule has 1 atom stereocenters. The molecule has 152 valence electrons. The Morgan fingerprint density at radius 2 is 1.96 bits per heavy atom. The van der Waals surface area contributed by atoms with Crippen LogP contribution in [0.1, 0.15) is 37.7 Å². The van der Waals surface area contributed by atoms with Crippen molar-refractivity contribution in [1.29, 1.82) is 0 Å². The molecule has 5 nitrogen and oxygen atoms in total. The van der Waals surface area contributed by atoms with Crippen LogP contribution in [0, 0.1) is 18.2 Å². The van der Waals surface area contributed by atoms with Crippen LogP contribution in [0.25, 0.3) is 0 Å². The van der Waals surface area contributed by atoms with Crippen molar-refractivity contribution in [2.24, 2.45) is 0 Å². The first-order valence-electron chi connectivity index (χ1n) is 9.74. The summed E-state index contributed by atoms with van der Waals surface area (Å²) in [7, 11) is -3.04. The van der Waals surface area contributed by atoms with Gasteiger partial charge in [0.2, 0.25) is 5.91 Å². The number of hydrogen-bond donors (Lipinski definition) is 1.